The highest BCUT2D eigenvalue weighted by Gasteiger charge is 2.35. The lowest BCUT2D eigenvalue weighted by Gasteiger charge is -2.34. The van der Waals surface area contributed by atoms with Gasteiger partial charge in [-0.2, -0.15) is 13.2 Å². The lowest BCUT2D eigenvalue weighted by atomic mass is 9.81. The summed E-state index contributed by atoms with van der Waals surface area (Å²) in [5, 5.41) is 3.41. The number of hydrogen-bond donors (Lipinski definition) is 4. The Hall–Kier alpha value is -2.18. The lowest BCUT2D eigenvalue weighted by Crippen LogP contribution is -2.42. The fourth-order valence-electron chi connectivity index (χ4n) is 4.61. The number of sulfonamides is 1. The van der Waals surface area contributed by atoms with Gasteiger partial charge in [-0.25, -0.2) is 23.1 Å². The maximum Gasteiger partial charge on any atom is 0.401 e. The van der Waals surface area contributed by atoms with E-state index in [1.807, 2.05) is 19.9 Å². The van der Waals surface area contributed by atoms with Crippen LogP contribution >= 0.6 is 0 Å². The number of hydrogen-bond acceptors (Lipinski definition) is 5. The molecule has 1 saturated carbocycles. The number of nitrogens with zero attached hydrogens (tertiary/aromatic N) is 2. The molecular weight excluding hydrogens is 457 g/mol. The van der Waals surface area contributed by atoms with Crippen molar-refractivity contribution in [2.24, 2.45) is 11.8 Å². The summed E-state index contributed by atoms with van der Waals surface area (Å²) in [6, 6.07) is 1.03. The molecule has 12 heteroatoms. The standard InChI is InChI=1S/C21H29F3N6O2S/c1-12(2)10-33(31,32)30-17(13-3-5-14(6-4-13)27-11-21(22,23)24)20-28-16-9-26-19-15(7-8-25-19)18(16)29-20/h7-9,12-14,17,27,30H,3-6,10-11H2,1-2H3,(H,25,26)(H,28,29). The fraction of sp³-hybridized carbons (Fsp3) is 0.619. The van der Waals surface area contributed by atoms with Crippen LogP contribution < -0.4 is 10.0 Å². The Morgan fingerprint density at radius 1 is 1.21 bits per heavy atom. The average molecular weight is 487 g/mol. The van der Waals surface area contributed by atoms with Crippen LogP contribution in [0.15, 0.2) is 18.5 Å². The summed E-state index contributed by atoms with van der Waals surface area (Å²) in [6.07, 6.45) is 1.40. The molecule has 0 amide bonds. The van der Waals surface area contributed by atoms with E-state index in [1.165, 1.54) is 0 Å². The molecule has 8 nitrogen and oxygen atoms in total. The number of halogens is 3. The summed E-state index contributed by atoms with van der Waals surface area (Å²) >= 11 is 0. The smallest absolute Gasteiger partial charge is 0.346 e. The van der Waals surface area contributed by atoms with E-state index in [-0.39, 0.29) is 23.6 Å². The molecule has 1 unspecified atom stereocenters. The molecule has 3 heterocycles. The molecule has 0 saturated heterocycles. The van der Waals surface area contributed by atoms with E-state index in [2.05, 4.69) is 25.0 Å². The second-order valence-electron chi connectivity index (χ2n) is 9.26. The van der Waals surface area contributed by atoms with E-state index in [9.17, 15) is 21.6 Å². The molecule has 1 fully saturated rings. The van der Waals surface area contributed by atoms with E-state index in [4.69, 9.17) is 4.98 Å². The Morgan fingerprint density at radius 3 is 2.61 bits per heavy atom. The summed E-state index contributed by atoms with van der Waals surface area (Å²) in [5.74, 6) is 0.339. The van der Waals surface area contributed by atoms with Crippen molar-refractivity contribution >= 4 is 32.1 Å². The van der Waals surface area contributed by atoms with Gasteiger partial charge in [0, 0.05) is 17.6 Å². The second kappa shape index (κ2) is 9.22. The summed E-state index contributed by atoms with van der Waals surface area (Å²) < 4.78 is 66.2. The first kappa shape index (κ1) is 24.0. The molecule has 4 rings (SSSR count). The second-order valence-corrected chi connectivity index (χ2v) is 11.1. The number of aromatic nitrogens is 4. The summed E-state index contributed by atoms with van der Waals surface area (Å²) in [7, 11) is -3.59. The third-order valence-corrected chi connectivity index (χ3v) is 7.76. The third-order valence-electron chi connectivity index (χ3n) is 6.04. The van der Waals surface area contributed by atoms with E-state index in [1.54, 1.807) is 12.4 Å². The van der Waals surface area contributed by atoms with Gasteiger partial charge in [0.1, 0.15) is 17.0 Å². The van der Waals surface area contributed by atoms with Gasteiger partial charge in [-0.05, 0) is 43.6 Å². The molecule has 3 aromatic rings. The van der Waals surface area contributed by atoms with Crippen LogP contribution in [0.1, 0.15) is 51.4 Å². The Morgan fingerprint density at radius 2 is 1.94 bits per heavy atom. The first-order chi connectivity index (χ1) is 15.5. The normalized spacial score (nSPS) is 21.3. The van der Waals surface area contributed by atoms with Gasteiger partial charge < -0.3 is 15.3 Å². The molecule has 0 bridgehead atoms. The molecule has 182 valence electrons. The van der Waals surface area contributed by atoms with E-state index in [0.29, 0.717) is 48.2 Å². The Labute approximate surface area is 190 Å². The van der Waals surface area contributed by atoms with Crippen molar-refractivity contribution in [3.63, 3.8) is 0 Å². The van der Waals surface area contributed by atoms with Crippen molar-refractivity contribution in [3.05, 3.63) is 24.3 Å². The van der Waals surface area contributed by atoms with Crippen LogP contribution in [0.2, 0.25) is 0 Å². The maximum atomic E-state index is 12.8. The molecule has 1 atom stereocenters. The first-order valence-corrected chi connectivity index (χ1v) is 12.8. The quantitative estimate of drug-likeness (QED) is 0.387. The van der Waals surface area contributed by atoms with Crippen molar-refractivity contribution in [3.8, 4) is 0 Å². The molecule has 1 aliphatic carbocycles. The molecule has 3 aromatic heterocycles. The summed E-state index contributed by atoms with van der Waals surface area (Å²) in [5.41, 5.74) is 2.09. The van der Waals surface area contributed by atoms with Gasteiger partial charge in [0.2, 0.25) is 10.0 Å². The largest absolute Gasteiger partial charge is 0.401 e. The van der Waals surface area contributed by atoms with Crippen molar-refractivity contribution in [2.75, 3.05) is 12.3 Å². The number of fused-ring (bicyclic) bond motifs is 3. The molecule has 0 aliphatic heterocycles. The molecule has 0 aromatic carbocycles. The van der Waals surface area contributed by atoms with Crippen LogP contribution in [0, 0.1) is 11.8 Å². The minimum atomic E-state index is -4.25. The number of pyridine rings is 1. The van der Waals surface area contributed by atoms with E-state index < -0.39 is 28.8 Å². The topological polar surface area (TPSA) is 116 Å². The summed E-state index contributed by atoms with van der Waals surface area (Å²) in [4.78, 5) is 15.4. The van der Waals surface area contributed by atoms with Crippen LogP contribution in [-0.4, -0.2) is 52.9 Å². The first-order valence-electron chi connectivity index (χ1n) is 11.1. The third kappa shape index (κ3) is 5.85. The van der Waals surface area contributed by atoms with Crippen LogP contribution in [0.4, 0.5) is 13.2 Å². The van der Waals surface area contributed by atoms with Crippen molar-refractivity contribution < 1.29 is 21.6 Å². The van der Waals surface area contributed by atoms with Crippen LogP contribution in [0.25, 0.3) is 22.1 Å². The minimum Gasteiger partial charge on any atom is -0.346 e. The minimum absolute atomic E-state index is 0.0180. The number of alkyl halides is 3. The van der Waals surface area contributed by atoms with Crippen molar-refractivity contribution in [1.29, 1.82) is 0 Å². The highest BCUT2D eigenvalue weighted by Crippen LogP contribution is 2.36. The van der Waals surface area contributed by atoms with Gasteiger partial charge in [0.15, 0.2) is 0 Å². The molecule has 0 radical (unpaired) electrons. The van der Waals surface area contributed by atoms with Gasteiger partial charge >= 0.3 is 6.18 Å². The Bertz CT molecular complexity index is 1200. The SMILES string of the molecule is CC(C)CS(=O)(=O)NC(c1nc2c(cnc3[nH]ccc32)[nH]1)C1CCC(NCC(F)(F)F)CC1. The summed E-state index contributed by atoms with van der Waals surface area (Å²) in [6.45, 7) is 2.65. The van der Waals surface area contributed by atoms with Gasteiger partial charge in [-0.3, -0.25) is 0 Å². The molecule has 33 heavy (non-hydrogen) atoms. The van der Waals surface area contributed by atoms with Gasteiger partial charge in [-0.1, -0.05) is 13.8 Å². The molecule has 1 aliphatic rings. The van der Waals surface area contributed by atoms with Crippen LogP contribution in [0.3, 0.4) is 0 Å². The van der Waals surface area contributed by atoms with Gasteiger partial charge in [-0.15, -0.1) is 0 Å². The Kier molecular flexibility index (Phi) is 6.70. The van der Waals surface area contributed by atoms with Crippen LogP contribution in [0.5, 0.6) is 0 Å². The predicted octanol–water partition coefficient (Wildman–Crippen LogP) is 3.77. The number of imidazole rings is 1. The molecule has 4 N–H and O–H groups in total. The van der Waals surface area contributed by atoms with Gasteiger partial charge in [0.05, 0.1) is 30.1 Å². The number of H-pyrrole nitrogens is 2. The zero-order chi connectivity index (χ0) is 23.8. The monoisotopic (exact) mass is 486 g/mol. The maximum absolute atomic E-state index is 12.8. The lowest BCUT2D eigenvalue weighted by molar-refractivity contribution is -0.126. The number of rotatable bonds is 8. The fourth-order valence-corrected chi connectivity index (χ4v) is 6.28. The van der Waals surface area contributed by atoms with Crippen molar-refractivity contribution in [1.82, 2.24) is 30.0 Å². The van der Waals surface area contributed by atoms with Crippen LogP contribution in [-0.2, 0) is 10.0 Å². The zero-order valence-corrected chi connectivity index (χ0v) is 19.4. The zero-order valence-electron chi connectivity index (χ0n) is 18.5. The number of nitrogens with one attached hydrogen (secondary N) is 4. The average Bonchev–Trinajstić information content (AvgIpc) is 3.35. The van der Waals surface area contributed by atoms with Gasteiger partial charge in [0.25, 0.3) is 0 Å². The van der Waals surface area contributed by atoms with E-state index >= 15 is 0 Å². The van der Waals surface area contributed by atoms with E-state index in [0.717, 1.165) is 5.39 Å². The Balaban J connectivity index is 1.59. The predicted molar refractivity (Wildman–Crippen MR) is 120 cm³/mol. The molecule has 0 spiro atoms. The number of aromatic amines is 2. The van der Waals surface area contributed by atoms with Crippen molar-refractivity contribution in [2.45, 2.75) is 57.8 Å². The highest BCUT2D eigenvalue weighted by molar-refractivity contribution is 7.89. The highest BCUT2D eigenvalue weighted by atomic mass is 32.2. The molecular formula is C21H29F3N6O2S.